The van der Waals surface area contributed by atoms with Crippen LogP contribution in [0.25, 0.3) is 0 Å². The Hall–Kier alpha value is -1.27. The van der Waals surface area contributed by atoms with Gasteiger partial charge in [0.25, 0.3) is 0 Å². The molecule has 1 aromatic rings. The summed E-state index contributed by atoms with van der Waals surface area (Å²) in [5, 5.41) is 5.07. The first-order valence-electron chi connectivity index (χ1n) is 5.92. The summed E-state index contributed by atoms with van der Waals surface area (Å²) in [5.41, 5.74) is 6.81. The van der Waals surface area contributed by atoms with E-state index in [9.17, 15) is 8.42 Å². The largest absolute Gasteiger partial charge is 0.398 e. The molecule has 1 atom stereocenters. The molecule has 18 heavy (non-hydrogen) atoms. The predicted octanol–water partition coefficient (Wildman–Crippen LogP) is 1.54. The lowest BCUT2D eigenvalue weighted by Crippen LogP contribution is -2.28. The second-order valence-electron chi connectivity index (χ2n) is 4.52. The minimum absolute atomic E-state index is 0.0252. The fourth-order valence-electron chi connectivity index (χ4n) is 1.88. The SMILES string of the molecule is CCCC(C)N(C)c1ccc(S(N)(=O)=O)c(N)c1. The second kappa shape index (κ2) is 5.58. The molecule has 0 radical (unpaired) electrons. The third-order valence-corrected chi connectivity index (χ3v) is 4.06. The van der Waals surface area contributed by atoms with E-state index in [4.69, 9.17) is 10.9 Å². The van der Waals surface area contributed by atoms with Crippen LogP contribution in [0.1, 0.15) is 26.7 Å². The molecule has 0 amide bonds. The molecule has 102 valence electrons. The van der Waals surface area contributed by atoms with Gasteiger partial charge in [-0.05, 0) is 31.5 Å². The lowest BCUT2D eigenvalue weighted by molar-refractivity contribution is 0.598. The number of primary sulfonamides is 1. The van der Waals surface area contributed by atoms with Crippen LogP contribution in [-0.4, -0.2) is 21.5 Å². The van der Waals surface area contributed by atoms with Gasteiger partial charge in [0.05, 0.1) is 5.69 Å². The average molecular weight is 271 g/mol. The zero-order valence-corrected chi connectivity index (χ0v) is 11.9. The number of hydrogen-bond donors (Lipinski definition) is 2. The van der Waals surface area contributed by atoms with E-state index in [0.717, 1.165) is 18.5 Å². The summed E-state index contributed by atoms with van der Waals surface area (Å²) >= 11 is 0. The van der Waals surface area contributed by atoms with Gasteiger partial charge < -0.3 is 10.6 Å². The topological polar surface area (TPSA) is 89.4 Å². The third kappa shape index (κ3) is 3.36. The average Bonchev–Trinajstić information content (AvgIpc) is 2.26. The molecular formula is C12H21N3O2S. The van der Waals surface area contributed by atoms with Gasteiger partial charge in [0.2, 0.25) is 10.0 Å². The van der Waals surface area contributed by atoms with Crippen molar-refractivity contribution in [1.82, 2.24) is 0 Å². The highest BCUT2D eigenvalue weighted by molar-refractivity contribution is 7.89. The van der Waals surface area contributed by atoms with Crippen LogP contribution in [0.2, 0.25) is 0 Å². The zero-order chi connectivity index (χ0) is 13.9. The van der Waals surface area contributed by atoms with E-state index in [1.165, 1.54) is 6.07 Å². The number of anilines is 2. The Morgan fingerprint density at radius 1 is 1.39 bits per heavy atom. The van der Waals surface area contributed by atoms with Crippen molar-refractivity contribution in [3.05, 3.63) is 18.2 Å². The zero-order valence-electron chi connectivity index (χ0n) is 11.1. The number of nitrogens with zero attached hydrogens (tertiary/aromatic N) is 1. The third-order valence-electron chi connectivity index (χ3n) is 3.07. The molecule has 0 aromatic heterocycles. The van der Waals surface area contributed by atoms with Gasteiger partial charge in [0.15, 0.2) is 0 Å². The van der Waals surface area contributed by atoms with Gasteiger partial charge in [-0.1, -0.05) is 13.3 Å². The molecule has 1 rings (SSSR count). The minimum atomic E-state index is -3.75. The van der Waals surface area contributed by atoms with Crippen LogP contribution in [0.4, 0.5) is 11.4 Å². The lowest BCUT2D eigenvalue weighted by Gasteiger charge is -2.27. The van der Waals surface area contributed by atoms with Crippen molar-refractivity contribution < 1.29 is 8.42 Å². The first-order valence-corrected chi connectivity index (χ1v) is 7.47. The molecule has 1 aromatic carbocycles. The molecule has 0 saturated heterocycles. The molecule has 0 saturated carbocycles. The molecule has 0 spiro atoms. The van der Waals surface area contributed by atoms with Gasteiger partial charge in [0, 0.05) is 18.8 Å². The summed E-state index contributed by atoms with van der Waals surface area (Å²) in [6.07, 6.45) is 2.16. The van der Waals surface area contributed by atoms with Gasteiger partial charge in [-0.2, -0.15) is 0 Å². The highest BCUT2D eigenvalue weighted by Crippen LogP contribution is 2.25. The Balaban J connectivity index is 3.05. The molecule has 0 fully saturated rings. The van der Waals surface area contributed by atoms with E-state index in [1.807, 2.05) is 7.05 Å². The highest BCUT2D eigenvalue weighted by atomic mass is 32.2. The first-order chi connectivity index (χ1) is 8.27. The number of nitrogens with two attached hydrogens (primary N) is 2. The summed E-state index contributed by atoms with van der Waals surface area (Å²) in [6, 6.07) is 5.19. The highest BCUT2D eigenvalue weighted by Gasteiger charge is 2.15. The maximum absolute atomic E-state index is 11.3. The van der Waals surface area contributed by atoms with Crippen molar-refractivity contribution in [2.75, 3.05) is 17.7 Å². The van der Waals surface area contributed by atoms with Crippen LogP contribution < -0.4 is 15.8 Å². The van der Waals surface area contributed by atoms with E-state index in [2.05, 4.69) is 18.7 Å². The van der Waals surface area contributed by atoms with Gasteiger partial charge >= 0.3 is 0 Å². The molecule has 4 N–H and O–H groups in total. The predicted molar refractivity (Wildman–Crippen MR) is 75.0 cm³/mol. The van der Waals surface area contributed by atoms with Crippen molar-refractivity contribution in [1.29, 1.82) is 0 Å². The number of hydrogen-bond acceptors (Lipinski definition) is 4. The summed E-state index contributed by atoms with van der Waals surface area (Å²) in [7, 11) is -1.79. The summed E-state index contributed by atoms with van der Waals surface area (Å²) < 4.78 is 22.5. The normalized spacial score (nSPS) is 13.3. The van der Waals surface area contributed by atoms with Crippen molar-refractivity contribution in [2.45, 2.75) is 37.6 Å². The fraction of sp³-hybridized carbons (Fsp3) is 0.500. The molecule has 1 unspecified atom stereocenters. The molecule has 6 heteroatoms. The molecule has 0 aliphatic carbocycles. The van der Waals surface area contributed by atoms with Crippen LogP contribution in [0.3, 0.4) is 0 Å². The smallest absolute Gasteiger partial charge is 0.240 e. The van der Waals surface area contributed by atoms with E-state index in [0.29, 0.717) is 6.04 Å². The second-order valence-corrected chi connectivity index (χ2v) is 6.05. The van der Waals surface area contributed by atoms with E-state index in [1.54, 1.807) is 12.1 Å². The summed E-state index contributed by atoms with van der Waals surface area (Å²) in [5.74, 6) is 0. The van der Waals surface area contributed by atoms with Gasteiger partial charge in [-0.15, -0.1) is 0 Å². The Kier molecular flexibility index (Phi) is 4.59. The van der Waals surface area contributed by atoms with Crippen LogP contribution >= 0.6 is 0 Å². The Morgan fingerprint density at radius 3 is 2.44 bits per heavy atom. The van der Waals surface area contributed by atoms with Gasteiger partial charge in [-0.3, -0.25) is 0 Å². The maximum Gasteiger partial charge on any atom is 0.240 e. The molecular weight excluding hydrogens is 250 g/mol. The van der Waals surface area contributed by atoms with Crippen molar-refractivity contribution >= 4 is 21.4 Å². The molecule has 5 nitrogen and oxygen atoms in total. The minimum Gasteiger partial charge on any atom is -0.398 e. The summed E-state index contributed by atoms with van der Waals surface area (Å²) in [4.78, 5) is 2.05. The van der Waals surface area contributed by atoms with E-state index in [-0.39, 0.29) is 10.6 Å². The number of benzene rings is 1. The van der Waals surface area contributed by atoms with Gasteiger partial charge in [-0.25, -0.2) is 13.6 Å². The van der Waals surface area contributed by atoms with Crippen LogP contribution in [-0.2, 0) is 10.0 Å². The Bertz CT molecular complexity index is 514. The number of nitrogen functional groups attached to an aromatic ring is 1. The number of rotatable bonds is 5. The fourth-order valence-corrected chi connectivity index (χ4v) is 2.53. The van der Waals surface area contributed by atoms with Crippen molar-refractivity contribution in [3.63, 3.8) is 0 Å². The monoisotopic (exact) mass is 271 g/mol. The molecule has 0 heterocycles. The van der Waals surface area contributed by atoms with Crippen LogP contribution in [0.15, 0.2) is 23.1 Å². The van der Waals surface area contributed by atoms with Crippen molar-refractivity contribution in [2.24, 2.45) is 5.14 Å². The first kappa shape index (κ1) is 14.8. The standard InChI is InChI=1S/C12H21N3O2S/c1-4-5-9(2)15(3)10-6-7-12(11(13)8-10)18(14,16)17/h6-9H,4-5,13H2,1-3H3,(H2,14,16,17). The maximum atomic E-state index is 11.3. The van der Waals surface area contributed by atoms with E-state index < -0.39 is 10.0 Å². The van der Waals surface area contributed by atoms with Crippen molar-refractivity contribution in [3.8, 4) is 0 Å². The molecule has 0 bridgehead atoms. The molecule has 0 aliphatic rings. The lowest BCUT2D eigenvalue weighted by atomic mass is 10.1. The number of sulfonamides is 1. The van der Waals surface area contributed by atoms with Gasteiger partial charge in [0.1, 0.15) is 4.90 Å². The van der Waals surface area contributed by atoms with Crippen LogP contribution in [0.5, 0.6) is 0 Å². The summed E-state index contributed by atoms with van der Waals surface area (Å²) in [6.45, 7) is 4.25. The molecule has 0 aliphatic heterocycles. The van der Waals surface area contributed by atoms with Crippen LogP contribution in [0, 0.1) is 0 Å². The Labute approximate surface area is 109 Å². The van der Waals surface area contributed by atoms with E-state index >= 15 is 0 Å². The Morgan fingerprint density at radius 2 is 2.00 bits per heavy atom. The quantitative estimate of drug-likeness (QED) is 0.795.